The van der Waals surface area contributed by atoms with Crippen molar-refractivity contribution in [3.05, 3.63) is 21.3 Å². The van der Waals surface area contributed by atoms with E-state index in [2.05, 4.69) is 0 Å². The van der Waals surface area contributed by atoms with Crippen LogP contribution in [0.5, 0.6) is 0 Å². The molecule has 0 unspecified atom stereocenters. The van der Waals surface area contributed by atoms with Crippen LogP contribution in [0.25, 0.3) is 0 Å². The van der Waals surface area contributed by atoms with Gasteiger partial charge in [-0.2, -0.15) is 0 Å². The van der Waals surface area contributed by atoms with Crippen LogP contribution in [0.2, 0.25) is 4.34 Å². The summed E-state index contributed by atoms with van der Waals surface area (Å²) < 4.78 is 0.804. The Morgan fingerprint density at radius 3 is 2.77 bits per heavy atom. The number of thiophene rings is 1. The maximum atomic E-state index is 11.2. The SMILES string of the molecule is CCCC(=O)CCc1ccc(Cl)s1. The molecule has 0 saturated carbocycles. The Labute approximate surface area is 87.7 Å². The van der Waals surface area contributed by atoms with E-state index in [1.807, 2.05) is 19.1 Å². The first-order chi connectivity index (χ1) is 6.22. The maximum absolute atomic E-state index is 11.2. The van der Waals surface area contributed by atoms with Crippen LogP contribution in [0.3, 0.4) is 0 Å². The van der Waals surface area contributed by atoms with E-state index in [-0.39, 0.29) is 0 Å². The highest BCUT2D eigenvalue weighted by Crippen LogP contribution is 2.22. The van der Waals surface area contributed by atoms with Gasteiger partial charge in [0.15, 0.2) is 0 Å². The fourth-order valence-corrected chi connectivity index (χ4v) is 2.24. The van der Waals surface area contributed by atoms with Gasteiger partial charge in [-0.15, -0.1) is 11.3 Å². The van der Waals surface area contributed by atoms with E-state index in [1.165, 1.54) is 4.88 Å². The summed E-state index contributed by atoms with van der Waals surface area (Å²) in [5, 5.41) is 0. The lowest BCUT2D eigenvalue weighted by Crippen LogP contribution is -1.97. The molecule has 1 rings (SSSR count). The number of aryl methyl sites for hydroxylation is 1. The van der Waals surface area contributed by atoms with Gasteiger partial charge in [-0.25, -0.2) is 0 Å². The molecule has 0 spiro atoms. The number of ketones is 1. The van der Waals surface area contributed by atoms with Crippen molar-refractivity contribution in [1.29, 1.82) is 0 Å². The van der Waals surface area contributed by atoms with E-state index < -0.39 is 0 Å². The average Bonchev–Trinajstić information content (AvgIpc) is 2.49. The predicted molar refractivity (Wildman–Crippen MR) is 57.6 cm³/mol. The number of carbonyl (C=O) groups is 1. The number of halogens is 1. The van der Waals surface area contributed by atoms with Gasteiger partial charge in [-0.1, -0.05) is 18.5 Å². The van der Waals surface area contributed by atoms with Crippen LogP contribution in [-0.4, -0.2) is 5.78 Å². The summed E-state index contributed by atoms with van der Waals surface area (Å²) >= 11 is 7.33. The first-order valence-electron chi connectivity index (χ1n) is 4.48. The van der Waals surface area contributed by atoms with Crippen molar-refractivity contribution in [2.45, 2.75) is 32.6 Å². The second kappa shape index (κ2) is 5.40. The Morgan fingerprint density at radius 2 is 2.23 bits per heavy atom. The van der Waals surface area contributed by atoms with Crippen molar-refractivity contribution in [1.82, 2.24) is 0 Å². The number of carbonyl (C=O) groups excluding carboxylic acids is 1. The Balaban J connectivity index is 2.30. The molecule has 72 valence electrons. The van der Waals surface area contributed by atoms with E-state index in [1.54, 1.807) is 11.3 Å². The van der Waals surface area contributed by atoms with Gasteiger partial charge < -0.3 is 0 Å². The largest absolute Gasteiger partial charge is 0.300 e. The standard InChI is InChI=1S/C10H13ClOS/c1-2-3-8(12)4-5-9-6-7-10(11)13-9/h6-7H,2-5H2,1H3. The first-order valence-corrected chi connectivity index (χ1v) is 5.67. The Hall–Kier alpha value is -0.340. The molecule has 0 bridgehead atoms. The molecule has 0 fully saturated rings. The van der Waals surface area contributed by atoms with Gasteiger partial charge in [-0.3, -0.25) is 4.79 Å². The molecule has 0 aromatic carbocycles. The highest BCUT2D eigenvalue weighted by atomic mass is 35.5. The van der Waals surface area contributed by atoms with Crippen LogP contribution in [-0.2, 0) is 11.2 Å². The fraction of sp³-hybridized carbons (Fsp3) is 0.500. The molecule has 0 radical (unpaired) electrons. The van der Waals surface area contributed by atoms with Gasteiger partial charge in [0.25, 0.3) is 0 Å². The van der Waals surface area contributed by atoms with Crippen LogP contribution in [0.4, 0.5) is 0 Å². The molecule has 1 aromatic heterocycles. The summed E-state index contributed by atoms with van der Waals surface area (Å²) in [4.78, 5) is 12.4. The zero-order valence-electron chi connectivity index (χ0n) is 7.68. The van der Waals surface area contributed by atoms with Crippen LogP contribution in [0.15, 0.2) is 12.1 Å². The van der Waals surface area contributed by atoms with Gasteiger partial charge in [-0.05, 0) is 25.0 Å². The van der Waals surface area contributed by atoms with E-state index in [9.17, 15) is 4.79 Å². The second-order valence-electron chi connectivity index (χ2n) is 2.99. The quantitative estimate of drug-likeness (QED) is 0.734. The number of hydrogen-bond donors (Lipinski definition) is 0. The molecule has 0 N–H and O–H groups in total. The zero-order valence-corrected chi connectivity index (χ0v) is 9.25. The molecule has 0 saturated heterocycles. The van der Waals surface area contributed by atoms with Crippen molar-refractivity contribution in [2.24, 2.45) is 0 Å². The molecular formula is C10H13ClOS. The molecule has 1 heterocycles. The summed E-state index contributed by atoms with van der Waals surface area (Å²) in [6, 6.07) is 3.87. The Bertz CT molecular complexity index is 280. The molecule has 0 aliphatic carbocycles. The molecule has 13 heavy (non-hydrogen) atoms. The van der Waals surface area contributed by atoms with Gasteiger partial charge >= 0.3 is 0 Å². The lowest BCUT2D eigenvalue weighted by Gasteiger charge is -1.96. The number of hydrogen-bond acceptors (Lipinski definition) is 2. The molecular weight excluding hydrogens is 204 g/mol. The minimum absolute atomic E-state index is 0.354. The summed E-state index contributed by atoms with van der Waals surface area (Å²) in [5.41, 5.74) is 0. The summed E-state index contributed by atoms with van der Waals surface area (Å²) in [6.07, 6.45) is 3.16. The highest BCUT2D eigenvalue weighted by molar-refractivity contribution is 7.16. The van der Waals surface area contributed by atoms with E-state index in [4.69, 9.17) is 11.6 Å². The van der Waals surface area contributed by atoms with Crippen molar-refractivity contribution in [3.8, 4) is 0 Å². The molecule has 1 nitrogen and oxygen atoms in total. The van der Waals surface area contributed by atoms with Crippen molar-refractivity contribution < 1.29 is 4.79 Å². The van der Waals surface area contributed by atoms with Crippen molar-refractivity contribution in [3.63, 3.8) is 0 Å². The monoisotopic (exact) mass is 216 g/mol. The zero-order chi connectivity index (χ0) is 9.68. The van der Waals surface area contributed by atoms with Crippen molar-refractivity contribution >= 4 is 28.7 Å². The van der Waals surface area contributed by atoms with Crippen LogP contribution in [0, 0.1) is 0 Å². The van der Waals surface area contributed by atoms with Crippen LogP contribution < -0.4 is 0 Å². The normalized spacial score (nSPS) is 10.3. The molecule has 0 aliphatic rings. The van der Waals surface area contributed by atoms with Gasteiger partial charge in [0.1, 0.15) is 5.78 Å². The Morgan fingerprint density at radius 1 is 1.46 bits per heavy atom. The lowest BCUT2D eigenvalue weighted by molar-refractivity contribution is -0.119. The minimum atomic E-state index is 0.354. The van der Waals surface area contributed by atoms with Gasteiger partial charge in [0.2, 0.25) is 0 Å². The molecule has 1 aromatic rings. The maximum Gasteiger partial charge on any atom is 0.133 e. The lowest BCUT2D eigenvalue weighted by atomic mass is 10.1. The molecule has 0 aliphatic heterocycles. The summed E-state index contributed by atoms with van der Waals surface area (Å²) in [7, 11) is 0. The minimum Gasteiger partial charge on any atom is -0.300 e. The second-order valence-corrected chi connectivity index (χ2v) is 4.79. The summed E-state index contributed by atoms with van der Waals surface area (Å²) in [5.74, 6) is 0.354. The molecule has 0 atom stereocenters. The summed E-state index contributed by atoms with van der Waals surface area (Å²) in [6.45, 7) is 2.03. The predicted octanol–water partition coefficient (Wildman–Crippen LogP) is 3.70. The third-order valence-corrected chi connectivity index (χ3v) is 3.10. The topological polar surface area (TPSA) is 17.1 Å². The smallest absolute Gasteiger partial charge is 0.133 e. The molecule has 0 amide bonds. The van der Waals surface area contributed by atoms with Gasteiger partial charge in [0.05, 0.1) is 4.34 Å². The van der Waals surface area contributed by atoms with E-state index >= 15 is 0 Å². The fourth-order valence-electron chi connectivity index (χ4n) is 1.15. The molecule has 3 heteroatoms. The number of Topliss-reactive ketones (excluding diaryl/α,β-unsaturated/α-hetero) is 1. The van der Waals surface area contributed by atoms with Crippen molar-refractivity contribution in [2.75, 3.05) is 0 Å². The van der Waals surface area contributed by atoms with Crippen LogP contribution >= 0.6 is 22.9 Å². The number of rotatable bonds is 5. The average molecular weight is 217 g/mol. The van der Waals surface area contributed by atoms with E-state index in [0.29, 0.717) is 18.6 Å². The third-order valence-electron chi connectivity index (χ3n) is 1.81. The van der Waals surface area contributed by atoms with E-state index in [0.717, 1.165) is 17.2 Å². The van der Waals surface area contributed by atoms with Crippen LogP contribution in [0.1, 0.15) is 31.1 Å². The third kappa shape index (κ3) is 3.92. The Kier molecular flexibility index (Phi) is 4.46. The first kappa shape index (κ1) is 10.7. The van der Waals surface area contributed by atoms with Gasteiger partial charge in [0, 0.05) is 17.7 Å². The highest BCUT2D eigenvalue weighted by Gasteiger charge is 2.02.